The van der Waals surface area contributed by atoms with Gasteiger partial charge in [-0.2, -0.15) is 0 Å². The Morgan fingerprint density at radius 2 is 1.16 bits per heavy atom. The van der Waals surface area contributed by atoms with E-state index in [9.17, 15) is 0 Å². The van der Waals surface area contributed by atoms with Gasteiger partial charge in [0.25, 0.3) is 0 Å². The first-order valence-electron chi connectivity index (χ1n) is 15.0. The molecule has 4 aromatic heterocycles. The van der Waals surface area contributed by atoms with Crippen LogP contribution < -0.4 is 0 Å². The molecule has 4 heterocycles. The zero-order valence-corrected chi connectivity index (χ0v) is 23.9. The second-order valence-electron chi connectivity index (χ2n) is 11.3. The average molecular weight is 578 g/mol. The SMILES string of the molecule is c1ccc(-c2nc(-c3ccccc3)c3oc4c(-n5c6ccccc6c6c7oc8ccccc8c7ccc65)cccc4c3n2)cc1. The lowest BCUT2D eigenvalue weighted by atomic mass is 10.1. The lowest BCUT2D eigenvalue weighted by molar-refractivity contribution is 0.664. The summed E-state index contributed by atoms with van der Waals surface area (Å²) in [6.07, 6.45) is 0. The molecule has 0 aliphatic rings. The van der Waals surface area contributed by atoms with E-state index >= 15 is 0 Å². The summed E-state index contributed by atoms with van der Waals surface area (Å²) in [6.45, 7) is 0. The van der Waals surface area contributed by atoms with Crippen LogP contribution in [0.1, 0.15) is 0 Å². The van der Waals surface area contributed by atoms with Crippen molar-refractivity contribution in [3.8, 4) is 28.3 Å². The lowest BCUT2D eigenvalue weighted by Crippen LogP contribution is -1.94. The lowest BCUT2D eigenvalue weighted by Gasteiger charge is -2.08. The molecule has 6 aromatic carbocycles. The number of hydrogen-bond acceptors (Lipinski definition) is 4. The Morgan fingerprint density at radius 3 is 2.00 bits per heavy atom. The van der Waals surface area contributed by atoms with Crippen molar-refractivity contribution in [2.75, 3.05) is 0 Å². The van der Waals surface area contributed by atoms with E-state index in [4.69, 9.17) is 18.8 Å². The maximum Gasteiger partial charge on any atom is 0.180 e. The van der Waals surface area contributed by atoms with Gasteiger partial charge in [-0.3, -0.25) is 0 Å². The van der Waals surface area contributed by atoms with Crippen molar-refractivity contribution in [2.45, 2.75) is 0 Å². The molecule has 0 amide bonds. The van der Waals surface area contributed by atoms with Crippen LogP contribution in [-0.2, 0) is 0 Å². The van der Waals surface area contributed by atoms with E-state index in [1.165, 1.54) is 0 Å². The largest absolute Gasteiger partial charge is 0.455 e. The molecular weight excluding hydrogens is 554 g/mol. The Hall–Kier alpha value is -6.20. The molecule has 0 bridgehead atoms. The maximum absolute atomic E-state index is 6.85. The highest BCUT2D eigenvalue weighted by molar-refractivity contribution is 6.24. The number of furan rings is 2. The third-order valence-corrected chi connectivity index (χ3v) is 8.82. The van der Waals surface area contributed by atoms with Crippen molar-refractivity contribution in [3.63, 3.8) is 0 Å². The van der Waals surface area contributed by atoms with E-state index in [0.29, 0.717) is 11.4 Å². The van der Waals surface area contributed by atoms with Gasteiger partial charge in [-0.15, -0.1) is 0 Å². The van der Waals surface area contributed by atoms with Crippen LogP contribution in [0.2, 0.25) is 0 Å². The second-order valence-corrected chi connectivity index (χ2v) is 11.3. The fourth-order valence-electron chi connectivity index (χ4n) is 6.83. The number of hydrogen-bond donors (Lipinski definition) is 0. The molecule has 0 saturated carbocycles. The summed E-state index contributed by atoms with van der Waals surface area (Å²) in [5.74, 6) is 0.666. The second kappa shape index (κ2) is 9.15. The van der Waals surface area contributed by atoms with Gasteiger partial charge in [0.05, 0.1) is 22.1 Å². The molecule has 0 spiro atoms. The first-order valence-corrected chi connectivity index (χ1v) is 15.0. The minimum atomic E-state index is 0.666. The molecule has 0 saturated heterocycles. The average Bonchev–Trinajstić information content (AvgIpc) is 3.78. The molecule has 0 unspecified atom stereocenters. The van der Waals surface area contributed by atoms with Crippen LogP contribution in [0, 0.1) is 0 Å². The molecule has 210 valence electrons. The highest BCUT2D eigenvalue weighted by Gasteiger charge is 2.23. The molecule has 5 heteroatoms. The van der Waals surface area contributed by atoms with Crippen molar-refractivity contribution in [2.24, 2.45) is 0 Å². The van der Waals surface area contributed by atoms with Crippen LogP contribution >= 0.6 is 0 Å². The number of aromatic nitrogens is 3. The van der Waals surface area contributed by atoms with E-state index in [1.807, 2.05) is 60.7 Å². The van der Waals surface area contributed by atoms with Crippen molar-refractivity contribution in [1.82, 2.24) is 14.5 Å². The van der Waals surface area contributed by atoms with E-state index in [1.54, 1.807) is 0 Å². The van der Waals surface area contributed by atoms with Crippen LogP contribution in [0.5, 0.6) is 0 Å². The van der Waals surface area contributed by atoms with Gasteiger partial charge in [0.1, 0.15) is 22.4 Å². The highest BCUT2D eigenvalue weighted by atomic mass is 16.3. The van der Waals surface area contributed by atoms with E-state index in [2.05, 4.69) is 83.4 Å². The van der Waals surface area contributed by atoms with E-state index in [-0.39, 0.29) is 0 Å². The molecule has 45 heavy (non-hydrogen) atoms. The molecule has 0 N–H and O–H groups in total. The minimum Gasteiger partial charge on any atom is -0.455 e. The summed E-state index contributed by atoms with van der Waals surface area (Å²) in [6, 6.07) is 47.7. The van der Waals surface area contributed by atoms with Crippen molar-refractivity contribution in [1.29, 1.82) is 0 Å². The van der Waals surface area contributed by atoms with Crippen molar-refractivity contribution in [3.05, 3.63) is 140 Å². The summed E-state index contributed by atoms with van der Waals surface area (Å²) >= 11 is 0. The topological polar surface area (TPSA) is 57.0 Å². The molecule has 0 radical (unpaired) electrons. The zero-order valence-electron chi connectivity index (χ0n) is 23.9. The molecule has 0 aliphatic carbocycles. The van der Waals surface area contributed by atoms with Crippen molar-refractivity contribution < 1.29 is 8.83 Å². The van der Waals surface area contributed by atoms with Crippen LogP contribution in [0.3, 0.4) is 0 Å². The molecule has 0 atom stereocenters. The summed E-state index contributed by atoms with van der Waals surface area (Å²) in [4.78, 5) is 10.2. The van der Waals surface area contributed by atoms with Gasteiger partial charge in [-0.25, -0.2) is 9.97 Å². The van der Waals surface area contributed by atoms with Gasteiger partial charge in [-0.1, -0.05) is 103 Å². The van der Waals surface area contributed by atoms with E-state index < -0.39 is 0 Å². The number of rotatable bonds is 3. The minimum absolute atomic E-state index is 0.666. The quantitative estimate of drug-likeness (QED) is 0.210. The van der Waals surface area contributed by atoms with Crippen LogP contribution in [0.4, 0.5) is 0 Å². The van der Waals surface area contributed by atoms with Gasteiger partial charge in [0, 0.05) is 32.7 Å². The monoisotopic (exact) mass is 577 g/mol. The molecule has 10 aromatic rings. The van der Waals surface area contributed by atoms with Crippen LogP contribution in [0.15, 0.2) is 148 Å². The van der Waals surface area contributed by atoms with Gasteiger partial charge >= 0.3 is 0 Å². The predicted molar refractivity (Wildman–Crippen MR) is 182 cm³/mol. The summed E-state index contributed by atoms with van der Waals surface area (Å²) < 4.78 is 15.7. The van der Waals surface area contributed by atoms with Crippen LogP contribution in [0.25, 0.3) is 94.1 Å². The number of fused-ring (bicyclic) bond motifs is 10. The molecule has 0 fully saturated rings. The Morgan fingerprint density at radius 1 is 0.444 bits per heavy atom. The summed E-state index contributed by atoms with van der Waals surface area (Å²) in [5, 5.41) is 5.38. The standard InChI is InChI=1S/C40H23N3O2/c1-3-12-24(13-4-1)35-39-36(42-40(41-35)25-14-5-2-6-15-25)29-18-11-20-32(37(29)45-39)43-30-19-9-7-17-28(30)34-31(43)23-22-27-26-16-8-10-21-33(26)44-38(27)34/h1-23H. The Bertz CT molecular complexity index is 2750. The molecule has 10 rings (SSSR count). The zero-order chi connectivity index (χ0) is 29.5. The maximum atomic E-state index is 6.85. The number of nitrogens with zero attached hydrogens (tertiary/aromatic N) is 3. The predicted octanol–water partition coefficient (Wildman–Crippen LogP) is 10.7. The Balaban J connectivity index is 1.32. The van der Waals surface area contributed by atoms with Gasteiger partial charge in [0.15, 0.2) is 17.0 Å². The molecule has 5 nitrogen and oxygen atoms in total. The smallest absolute Gasteiger partial charge is 0.180 e. The number of para-hydroxylation sites is 3. The van der Waals surface area contributed by atoms with Gasteiger partial charge in [0.2, 0.25) is 0 Å². The number of benzene rings is 6. The first kappa shape index (κ1) is 24.3. The van der Waals surface area contributed by atoms with E-state index in [0.717, 1.165) is 82.7 Å². The highest BCUT2D eigenvalue weighted by Crippen LogP contribution is 2.43. The Kier molecular flexibility index (Phi) is 4.93. The van der Waals surface area contributed by atoms with Crippen LogP contribution in [-0.4, -0.2) is 14.5 Å². The molecular formula is C40H23N3O2. The summed E-state index contributed by atoms with van der Waals surface area (Å²) in [5.41, 5.74) is 9.78. The summed E-state index contributed by atoms with van der Waals surface area (Å²) in [7, 11) is 0. The van der Waals surface area contributed by atoms with Gasteiger partial charge in [-0.05, 0) is 36.4 Å². The normalized spacial score (nSPS) is 12.0. The fourth-order valence-corrected chi connectivity index (χ4v) is 6.83. The fraction of sp³-hybridized carbons (Fsp3) is 0. The third-order valence-electron chi connectivity index (χ3n) is 8.82. The molecule has 0 aliphatic heterocycles. The van der Waals surface area contributed by atoms with Crippen molar-refractivity contribution >= 4 is 65.8 Å². The third kappa shape index (κ3) is 3.43. The van der Waals surface area contributed by atoms with Gasteiger partial charge < -0.3 is 13.4 Å². The first-order chi connectivity index (χ1) is 22.3. The Labute approximate surface area is 256 Å².